The normalized spacial score (nSPS) is 10.9. The van der Waals surface area contributed by atoms with Crippen molar-refractivity contribution in [1.29, 1.82) is 0 Å². The molecule has 0 radical (unpaired) electrons. The number of benzene rings is 1. The topological polar surface area (TPSA) is 56.7 Å². The van der Waals surface area contributed by atoms with Crippen molar-refractivity contribution in [3.8, 4) is 22.0 Å². The second-order valence-electron chi connectivity index (χ2n) is 4.36. The maximum absolute atomic E-state index is 13.4. The molecule has 6 heteroatoms. The first-order valence-electron chi connectivity index (χ1n) is 6.12. The maximum Gasteiger partial charge on any atom is 0.159 e. The van der Waals surface area contributed by atoms with Crippen LogP contribution < -0.4 is 5.73 Å². The fourth-order valence-corrected chi connectivity index (χ4v) is 2.96. The number of hydrogen-bond donors (Lipinski definition) is 1. The maximum atomic E-state index is 13.4. The van der Waals surface area contributed by atoms with E-state index in [9.17, 15) is 4.39 Å². The Kier molecular flexibility index (Phi) is 3.33. The Balaban J connectivity index is 2.20. The average molecular weight is 288 g/mol. The molecule has 2 N–H and O–H groups in total. The number of hydrogen-bond acceptors (Lipinski definition) is 4. The second kappa shape index (κ2) is 5.15. The van der Waals surface area contributed by atoms with Crippen molar-refractivity contribution in [1.82, 2.24) is 14.5 Å². The van der Waals surface area contributed by atoms with Crippen molar-refractivity contribution < 1.29 is 4.39 Å². The lowest BCUT2D eigenvalue weighted by molar-refractivity contribution is 0.628. The van der Waals surface area contributed by atoms with Crippen LogP contribution in [0.2, 0.25) is 0 Å². The summed E-state index contributed by atoms with van der Waals surface area (Å²) >= 11 is 1.47. The molecule has 102 valence electrons. The molecular weight excluding hydrogens is 275 g/mol. The highest BCUT2D eigenvalue weighted by molar-refractivity contribution is 7.15. The predicted octanol–water partition coefficient (Wildman–Crippen LogP) is 2.81. The summed E-state index contributed by atoms with van der Waals surface area (Å²) in [5.74, 6) is 0.483. The molecule has 0 bridgehead atoms. The Morgan fingerprint density at radius 1 is 1.40 bits per heavy atom. The Hall–Kier alpha value is -2.05. The average Bonchev–Trinajstić information content (AvgIpc) is 3.04. The van der Waals surface area contributed by atoms with Crippen molar-refractivity contribution in [2.24, 2.45) is 12.8 Å². The molecule has 0 spiro atoms. The summed E-state index contributed by atoms with van der Waals surface area (Å²) in [6, 6.07) is 6.48. The van der Waals surface area contributed by atoms with Gasteiger partial charge in [0.15, 0.2) is 5.82 Å². The molecule has 0 unspecified atom stereocenters. The van der Waals surface area contributed by atoms with Gasteiger partial charge in [-0.15, -0.1) is 11.3 Å². The second-order valence-corrected chi connectivity index (χ2v) is 5.45. The van der Waals surface area contributed by atoms with E-state index in [1.807, 2.05) is 23.9 Å². The van der Waals surface area contributed by atoms with Crippen LogP contribution in [-0.4, -0.2) is 14.5 Å². The van der Waals surface area contributed by atoms with Crippen LogP contribution in [0.15, 0.2) is 36.7 Å². The molecule has 0 atom stereocenters. The van der Waals surface area contributed by atoms with Crippen molar-refractivity contribution in [3.05, 3.63) is 47.5 Å². The molecule has 0 aliphatic rings. The SMILES string of the molecule is Cn1ccnc1-c1nc(CN)sc1-c1cccc(F)c1. The number of halogens is 1. The molecule has 3 aromatic rings. The molecule has 0 amide bonds. The molecule has 0 saturated carbocycles. The number of nitrogens with two attached hydrogens (primary N) is 1. The fourth-order valence-electron chi connectivity index (χ4n) is 2.02. The number of imidazole rings is 1. The minimum Gasteiger partial charge on any atom is -0.333 e. The van der Waals surface area contributed by atoms with Crippen molar-refractivity contribution in [2.45, 2.75) is 6.54 Å². The molecular formula is C14H13FN4S. The van der Waals surface area contributed by atoms with Crippen LogP contribution in [-0.2, 0) is 13.6 Å². The molecule has 2 aromatic heterocycles. The zero-order valence-electron chi connectivity index (χ0n) is 10.9. The lowest BCUT2D eigenvalue weighted by atomic mass is 10.1. The van der Waals surface area contributed by atoms with Crippen LogP contribution in [0.25, 0.3) is 22.0 Å². The summed E-state index contributed by atoms with van der Waals surface area (Å²) in [6.07, 6.45) is 3.57. The summed E-state index contributed by atoms with van der Waals surface area (Å²) in [5.41, 5.74) is 7.21. The van der Waals surface area contributed by atoms with E-state index in [4.69, 9.17) is 5.73 Å². The lowest BCUT2D eigenvalue weighted by Gasteiger charge is -2.03. The van der Waals surface area contributed by atoms with Crippen molar-refractivity contribution >= 4 is 11.3 Å². The van der Waals surface area contributed by atoms with Crippen LogP contribution >= 0.6 is 11.3 Å². The molecule has 0 aliphatic carbocycles. The highest BCUT2D eigenvalue weighted by atomic mass is 32.1. The number of thiazole rings is 1. The number of nitrogens with zero attached hydrogens (tertiary/aromatic N) is 3. The number of rotatable bonds is 3. The van der Waals surface area contributed by atoms with E-state index in [-0.39, 0.29) is 5.82 Å². The zero-order valence-corrected chi connectivity index (χ0v) is 11.7. The van der Waals surface area contributed by atoms with Gasteiger partial charge in [-0.2, -0.15) is 0 Å². The summed E-state index contributed by atoms with van der Waals surface area (Å²) in [7, 11) is 1.90. The van der Waals surface area contributed by atoms with Gasteiger partial charge in [0.2, 0.25) is 0 Å². The van der Waals surface area contributed by atoms with E-state index in [1.165, 1.54) is 23.5 Å². The largest absolute Gasteiger partial charge is 0.333 e. The summed E-state index contributed by atoms with van der Waals surface area (Å²) in [5, 5.41) is 0.808. The predicted molar refractivity (Wildman–Crippen MR) is 77.6 cm³/mol. The van der Waals surface area contributed by atoms with Crippen LogP contribution in [0.5, 0.6) is 0 Å². The monoisotopic (exact) mass is 288 g/mol. The molecule has 20 heavy (non-hydrogen) atoms. The van der Waals surface area contributed by atoms with E-state index in [0.29, 0.717) is 6.54 Å². The Labute approximate surface area is 119 Å². The van der Waals surface area contributed by atoms with Gasteiger partial charge in [-0.25, -0.2) is 14.4 Å². The standard InChI is InChI=1S/C14H13FN4S/c1-19-6-5-17-14(19)12-13(20-11(8-16)18-12)9-3-2-4-10(15)7-9/h2-7H,8,16H2,1H3. The van der Waals surface area contributed by atoms with E-state index in [1.54, 1.807) is 12.3 Å². The number of aromatic nitrogens is 3. The first kappa shape index (κ1) is 13.0. The van der Waals surface area contributed by atoms with Gasteiger partial charge in [0, 0.05) is 26.0 Å². The molecule has 3 rings (SSSR count). The third-order valence-corrected chi connectivity index (χ3v) is 4.09. The summed E-state index contributed by atoms with van der Waals surface area (Å²) < 4.78 is 15.3. The highest BCUT2D eigenvalue weighted by Crippen LogP contribution is 2.36. The first-order chi connectivity index (χ1) is 9.69. The molecule has 0 fully saturated rings. The third-order valence-electron chi connectivity index (χ3n) is 2.97. The summed E-state index contributed by atoms with van der Waals surface area (Å²) in [4.78, 5) is 9.73. The molecule has 0 saturated heterocycles. The molecule has 2 heterocycles. The van der Waals surface area contributed by atoms with Crippen LogP contribution in [0.1, 0.15) is 5.01 Å². The van der Waals surface area contributed by atoms with Crippen LogP contribution in [0.3, 0.4) is 0 Å². The van der Waals surface area contributed by atoms with E-state index in [0.717, 1.165) is 27.0 Å². The Bertz CT molecular complexity index is 747. The van der Waals surface area contributed by atoms with Crippen LogP contribution in [0.4, 0.5) is 4.39 Å². The van der Waals surface area contributed by atoms with Gasteiger partial charge in [0.05, 0.1) is 4.88 Å². The van der Waals surface area contributed by atoms with Gasteiger partial charge in [-0.05, 0) is 17.7 Å². The zero-order chi connectivity index (χ0) is 14.1. The lowest BCUT2D eigenvalue weighted by Crippen LogP contribution is -1.96. The minimum atomic E-state index is -0.268. The van der Waals surface area contributed by atoms with Gasteiger partial charge in [0.25, 0.3) is 0 Å². The van der Waals surface area contributed by atoms with Crippen molar-refractivity contribution in [3.63, 3.8) is 0 Å². The Morgan fingerprint density at radius 3 is 2.90 bits per heavy atom. The molecule has 1 aromatic carbocycles. The minimum absolute atomic E-state index is 0.268. The van der Waals surface area contributed by atoms with Gasteiger partial charge in [0.1, 0.15) is 16.5 Å². The number of aryl methyl sites for hydroxylation is 1. The molecule has 0 aliphatic heterocycles. The van der Waals surface area contributed by atoms with Crippen LogP contribution in [0, 0.1) is 5.82 Å². The Morgan fingerprint density at radius 2 is 2.25 bits per heavy atom. The van der Waals surface area contributed by atoms with E-state index in [2.05, 4.69) is 9.97 Å². The first-order valence-corrected chi connectivity index (χ1v) is 6.94. The summed E-state index contributed by atoms with van der Waals surface area (Å²) in [6.45, 7) is 0.359. The van der Waals surface area contributed by atoms with E-state index >= 15 is 0 Å². The fraction of sp³-hybridized carbons (Fsp3) is 0.143. The van der Waals surface area contributed by atoms with E-state index < -0.39 is 0 Å². The van der Waals surface area contributed by atoms with Gasteiger partial charge < -0.3 is 10.3 Å². The van der Waals surface area contributed by atoms with Gasteiger partial charge >= 0.3 is 0 Å². The highest BCUT2D eigenvalue weighted by Gasteiger charge is 2.17. The third kappa shape index (κ3) is 2.23. The van der Waals surface area contributed by atoms with Gasteiger partial charge in [-0.1, -0.05) is 12.1 Å². The van der Waals surface area contributed by atoms with Gasteiger partial charge in [-0.3, -0.25) is 0 Å². The smallest absolute Gasteiger partial charge is 0.159 e. The van der Waals surface area contributed by atoms with Crippen molar-refractivity contribution in [2.75, 3.05) is 0 Å². The quantitative estimate of drug-likeness (QED) is 0.806. The molecule has 4 nitrogen and oxygen atoms in total.